The van der Waals surface area contributed by atoms with Gasteiger partial charge in [0, 0.05) is 20.0 Å². The number of likely N-dealkylation sites (tertiary alicyclic amines) is 1. The van der Waals surface area contributed by atoms with E-state index >= 15 is 0 Å². The number of rotatable bonds is 1. The van der Waals surface area contributed by atoms with E-state index in [4.69, 9.17) is 0 Å². The van der Waals surface area contributed by atoms with E-state index in [1.807, 2.05) is 0 Å². The average molecular weight is 258 g/mol. The number of imide groups is 1. The van der Waals surface area contributed by atoms with Crippen molar-refractivity contribution in [2.24, 2.45) is 0 Å². The molecule has 0 aliphatic carbocycles. The van der Waals surface area contributed by atoms with Crippen molar-refractivity contribution < 1.29 is 14.4 Å². The second-order valence-electron chi connectivity index (χ2n) is 4.93. The molecule has 2 aliphatic heterocycles. The van der Waals surface area contributed by atoms with Gasteiger partial charge in [0.05, 0.1) is 17.2 Å². The summed E-state index contributed by atoms with van der Waals surface area (Å²) in [6.07, 6.45) is 0.658. The molecule has 2 aliphatic rings. The van der Waals surface area contributed by atoms with Crippen molar-refractivity contribution in [3.63, 3.8) is 0 Å². The monoisotopic (exact) mass is 258 g/mol. The summed E-state index contributed by atoms with van der Waals surface area (Å²) >= 11 is 0. The van der Waals surface area contributed by atoms with Gasteiger partial charge in [-0.3, -0.25) is 19.3 Å². The third-order valence-electron chi connectivity index (χ3n) is 3.80. The molecule has 0 N–H and O–H groups in total. The van der Waals surface area contributed by atoms with Crippen molar-refractivity contribution in [2.45, 2.75) is 19.4 Å². The second-order valence-corrected chi connectivity index (χ2v) is 4.93. The number of nitrogens with zero attached hydrogens (tertiary/aromatic N) is 2. The predicted octanol–water partition coefficient (Wildman–Crippen LogP) is 0.903. The lowest BCUT2D eigenvalue weighted by atomic mass is 10.1. The average Bonchev–Trinajstić information content (AvgIpc) is 2.96. The molecule has 98 valence electrons. The normalized spacial score (nSPS) is 22.1. The Balaban J connectivity index is 1.87. The zero-order valence-electron chi connectivity index (χ0n) is 10.6. The van der Waals surface area contributed by atoms with E-state index in [2.05, 4.69) is 0 Å². The molecule has 0 saturated carbocycles. The molecule has 1 fully saturated rings. The highest BCUT2D eigenvalue weighted by atomic mass is 16.2. The Labute approximate surface area is 110 Å². The highest BCUT2D eigenvalue weighted by Gasteiger charge is 2.42. The van der Waals surface area contributed by atoms with Gasteiger partial charge in [-0.2, -0.15) is 0 Å². The first-order valence-electron chi connectivity index (χ1n) is 6.32. The number of hydrogen-bond acceptors (Lipinski definition) is 3. The Bertz CT molecular complexity index is 547. The molecule has 1 atom stereocenters. The Kier molecular flexibility index (Phi) is 2.62. The van der Waals surface area contributed by atoms with Gasteiger partial charge in [0.25, 0.3) is 11.8 Å². The Morgan fingerprint density at radius 3 is 2.21 bits per heavy atom. The molecule has 0 radical (unpaired) electrons. The summed E-state index contributed by atoms with van der Waals surface area (Å²) < 4.78 is 0. The summed E-state index contributed by atoms with van der Waals surface area (Å²) in [5, 5.41) is 0. The summed E-state index contributed by atoms with van der Waals surface area (Å²) in [6, 6.07) is 6.66. The van der Waals surface area contributed by atoms with Gasteiger partial charge in [-0.25, -0.2) is 0 Å². The number of fused-ring (bicyclic) bond motifs is 1. The van der Waals surface area contributed by atoms with E-state index in [1.54, 1.807) is 29.2 Å². The van der Waals surface area contributed by atoms with Crippen LogP contribution in [0.2, 0.25) is 0 Å². The first-order chi connectivity index (χ1) is 9.09. The maximum atomic E-state index is 12.3. The van der Waals surface area contributed by atoms with Crippen LogP contribution < -0.4 is 0 Å². The Morgan fingerprint density at radius 1 is 1.16 bits per heavy atom. The van der Waals surface area contributed by atoms with Crippen molar-refractivity contribution in [3.05, 3.63) is 35.4 Å². The van der Waals surface area contributed by atoms with Crippen LogP contribution in [0.1, 0.15) is 34.1 Å². The largest absolute Gasteiger partial charge is 0.341 e. The summed E-state index contributed by atoms with van der Waals surface area (Å²) in [5.41, 5.74) is 0.933. The van der Waals surface area contributed by atoms with Gasteiger partial charge >= 0.3 is 0 Å². The van der Waals surface area contributed by atoms with Crippen molar-refractivity contribution >= 4 is 17.7 Å². The van der Waals surface area contributed by atoms with E-state index in [0.29, 0.717) is 30.6 Å². The molecule has 1 aromatic rings. The SMILES string of the molecule is CC(=O)N1CCC(N2C(=O)c3ccccc3C2=O)C1. The van der Waals surface area contributed by atoms with Gasteiger partial charge in [-0.15, -0.1) is 0 Å². The van der Waals surface area contributed by atoms with Gasteiger partial charge in [-0.1, -0.05) is 12.1 Å². The molecule has 0 aromatic heterocycles. The molecule has 0 bridgehead atoms. The zero-order valence-corrected chi connectivity index (χ0v) is 10.6. The van der Waals surface area contributed by atoms with Gasteiger partial charge < -0.3 is 4.90 Å². The molecular formula is C14H14N2O3. The molecule has 1 saturated heterocycles. The Hall–Kier alpha value is -2.17. The molecule has 3 rings (SSSR count). The Morgan fingerprint density at radius 2 is 1.74 bits per heavy atom. The molecule has 5 heteroatoms. The van der Waals surface area contributed by atoms with Gasteiger partial charge in [-0.05, 0) is 18.6 Å². The molecule has 0 spiro atoms. The van der Waals surface area contributed by atoms with Crippen LogP contribution in [0, 0.1) is 0 Å². The minimum Gasteiger partial charge on any atom is -0.341 e. The zero-order chi connectivity index (χ0) is 13.6. The minimum atomic E-state index is -0.240. The van der Waals surface area contributed by atoms with Crippen LogP contribution in [-0.2, 0) is 4.79 Å². The molecule has 1 unspecified atom stereocenters. The lowest BCUT2D eigenvalue weighted by Gasteiger charge is -2.22. The van der Waals surface area contributed by atoms with Crippen molar-refractivity contribution in [1.29, 1.82) is 0 Å². The summed E-state index contributed by atoms with van der Waals surface area (Å²) in [7, 11) is 0. The number of carbonyl (C=O) groups is 3. The molecule has 5 nitrogen and oxygen atoms in total. The van der Waals surface area contributed by atoms with Gasteiger partial charge in [0.2, 0.25) is 5.91 Å². The van der Waals surface area contributed by atoms with E-state index < -0.39 is 0 Å². The number of carbonyl (C=O) groups excluding carboxylic acids is 3. The smallest absolute Gasteiger partial charge is 0.261 e. The van der Waals surface area contributed by atoms with Gasteiger partial charge in [0.1, 0.15) is 0 Å². The van der Waals surface area contributed by atoms with E-state index in [-0.39, 0.29) is 23.8 Å². The molecule has 19 heavy (non-hydrogen) atoms. The van der Waals surface area contributed by atoms with Crippen LogP contribution in [0.4, 0.5) is 0 Å². The fourth-order valence-corrected chi connectivity index (χ4v) is 2.78. The van der Waals surface area contributed by atoms with Gasteiger partial charge in [0.15, 0.2) is 0 Å². The standard InChI is InChI=1S/C14H14N2O3/c1-9(17)15-7-6-10(8-15)16-13(18)11-4-2-3-5-12(11)14(16)19/h2-5,10H,6-8H2,1H3. The lowest BCUT2D eigenvalue weighted by Crippen LogP contribution is -2.42. The maximum Gasteiger partial charge on any atom is 0.261 e. The first-order valence-corrected chi connectivity index (χ1v) is 6.32. The van der Waals surface area contributed by atoms with Crippen molar-refractivity contribution in [2.75, 3.05) is 13.1 Å². The predicted molar refractivity (Wildman–Crippen MR) is 67.6 cm³/mol. The molecule has 3 amide bonds. The van der Waals surface area contributed by atoms with E-state index in [1.165, 1.54) is 11.8 Å². The van der Waals surface area contributed by atoms with Crippen molar-refractivity contribution in [3.8, 4) is 0 Å². The molecular weight excluding hydrogens is 244 g/mol. The van der Waals surface area contributed by atoms with Crippen LogP contribution in [0.25, 0.3) is 0 Å². The fraction of sp³-hybridized carbons (Fsp3) is 0.357. The van der Waals surface area contributed by atoms with Crippen LogP contribution in [0.3, 0.4) is 0 Å². The fourth-order valence-electron chi connectivity index (χ4n) is 2.78. The first kappa shape index (κ1) is 11.9. The summed E-state index contributed by atoms with van der Waals surface area (Å²) in [6.45, 7) is 2.55. The maximum absolute atomic E-state index is 12.3. The van der Waals surface area contributed by atoms with Crippen LogP contribution in [-0.4, -0.2) is 46.7 Å². The minimum absolute atomic E-state index is 0.0147. The summed E-state index contributed by atoms with van der Waals surface area (Å²) in [5.74, 6) is -0.494. The quantitative estimate of drug-likeness (QED) is 0.703. The van der Waals surface area contributed by atoms with Crippen LogP contribution in [0.5, 0.6) is 0 Å². The highest BCUT2D eigenvalue weighted by Crippen LogP contribution is 2.27. The van der Waals surface area contributed by atoms with Crippen molar-refractivity contribution in [1.82, 2.24) is 9.80 Å². The highest BCUT2D eigenvalue weighted by molar-refractivity contribution is 6.21. The topological polar surface area (TPSA) is 57.7 Å². The number of hydrogen-bond donors (Lipinski definition) is 0. The second kappa shape index (κ2) is 4.19. The van der Waals surface area contributed by atoms with E-state index in [0.717, 1.165) is 0 Å². The summed E-state index contributed by atoms with van der Waals surface area (Å²) in [4.78, 5) is 38.9. The lowest BCUT2D eigenvalue weighted by molar-refractivity contribution is -0.127. The van der Waals surface area contributed by atoms with E-state index in [9.17, 15) is 14.4 Å². The third-order valence-corrected chi connectivity index (χ3v) is 3.80. The van der Waals surface area contributed by atoms with Crippen LogP contribution in [0.15, 0.2) is 24.3 Å². The third kappa shape index (κ3) is 1.73. The van der Waals surface area contributed by atoms with Crippen LogP contribution >= 0.6 is 0 Å². The number of benzene rings is 1. The number of amides is 3. The molecule has 1 aromatic carbocycles. The molecule has 2 heterocycles.